The third-order valence-corrected chi connectivity index (χ3v) is 9.01. The van der Waals surface area contributed by atoms with E-state index in [1.54, 1.807) is 26.0 Å². The predicted octanol–water partition coefficient (Wildman–Crippen LogP) is 2.06. The van der Waals surface area contributed by atoms with Crippen LogP contribution >= 0.6 is 0 Å². The number of carbonyl (C=O) groups excluding carboxylic acids is 1. The molecule has 0 N–H and O–H groups in total. The molecule has 0 radical (unpaired) electrons. The second-order valence-corrected chi connectivity index (χ2v) is 10.9. The van der Waals surface area contributed by atoms with Crippen molar-refractivity contribution in [1.82, 2.24) is 0 Å². The number of anilines is 2. The van der Waals surface area contributed by atoms with Crippen LogP contribution in [0.15, 0.2) is 47.4 Å². The van der Waals surface area contributed by atoms with Crippen LogP contribution in [0.4, 0.5) is 11.4 Å². The Kier molecular flexibility index (Phi) is 4.27. The summed E-state index contributed by atoms with van der Waals surface area (Å²) in [5.41, 5.74) is 2.21. The first-order valence-electron chi connectivity index (χ1n) is 8.91. The van der Waals surface area contributed by atoms with Crippen molar-refractivity contribution in [3.8, 4) is 0 Å². The summed E-state index contributed by atoms with van der Waals surface area (Å²) in [5, 5.41) is 0. The Morgan fingerprint density at radius 2 is 1.82 bits per heavy atom. The van der Waals surface area contributed by atoms with Crippen molar-refractivity contribution in [2.24, 2.45) is 5.92 Å². The number of carbonyl (C=O) groups is 1. The third kappa shape index (κ3) is 2.80. The lowest BCUT2D eigenvalue weighted by molar-refractivity contribution is -0.119. The Hall–Kier alpha value is -2.39. The Morgan fingerprint density at radius 1 is 1.11 bits per heavy atom. The number of rotatable bonds is 3. The van der Waals surface area contributed by atoms with Crippen molar-refractivity contribution < 1.29 is 21.6 Å². The van der Waals surface area contributed by atoms with E-state index >= 15 is 0 Å². The molecule has 1 amide bonds. The molecule has 0 saturated carbocycles. The van der Waals surface area contributed by atoms with Gasteiger partial charge in [0, 0.05) is 6.54 Å². The average Bonchev–Trinajstić information content (AvgIpc) is 3.13. The molecule has 0 aliphatic carbocycles. The van der Waals surface area contributed by atoms with Gasteiger partial charge in [-0.25, -0.2) is 21.1 Å². The van der Waals surface area contributed by atoms with Crippen LogP contribution < -0.4 is 8.61 Å². The quantitative estimate of drug-likeness (QED) is 0.758. The molecule has 2 aromatic carbocycles. The zero-order chi connectivity index (χ0) is 20.3. The van der Waals surface area contributed by atoms with Crippen LogP contribution in [0.1, 0.15) is 18.1 Å². The van der Waals surface area contributed by atoms with E-state index in [1.165, 1.54) is 22.5 Å². The van der Waals surface area contributed by atoms with E-state index in [-0.39, 0.29) is 16.3 Å². The van der Waals surface area contributed by atoms with E-state index < -0.39 is 31.9 Å². The van der Waals surface area contributed by atoms with E-state index in [1.807, 2.05) is 12.1 Å². The first-order valence-corrected chi connectivity index (χ1v) is 12.0. The predicted molar refractivity (Wildman–Crippen MR) is 106 cm³/mol. The second kappa shape index (κ2) is 6.31. The summed E-state index contributed by atoms with van der Waals surface area (Å²) >= 11 is 0. The monoisotopic (exact) mass is 420 g/mol. The summed E-state index contributed by atoms with van der Waals surface area (Å²) in [7, 11) is -7.53. The lowest BCUT2D eigenvalue weighted by Gasteiger charge is -2.22. The van der Waals surface area contributed by atoms with Crippen LogP contribution in [0, 0.1) is 12.8 Å². The number of hydrogen-bond donors (Lipinski definition) is 0. The lowest BCUT2D eigenvalue weighted by Crippen LogP contribution is -2.31. The molecule has 1 atom stereocenters. The maximum Gasteiger partial charge on any atom is 0.264 e. The fourth-order valence-corrected chi connectivity index (χ4v) is 7.34. The molecule has 0 aromatic heterocycles. The molecular weight excluding hydrogens is 400 g/mol. The summed E-state index contributed by atoms with van der Waals surface area (Å²) in [6.45, 7) is 3.53. The minimum absolute atomic E-state index is 0.102. The normalized spacial score (nSPS) is 21.2. The zero-order valence-corrected chi connectivity index (χ0v) is 17.1. The van der Waals surface area contributed by atoms with Crippen LogP contribution in [-0.2, 0) is 31.3 Å². The number of aryl methyl sites for hydroxylation is 1. The Balaban J connectivity index is 1.74. The number of benzene rings is 2. The van der Waals surface area contributed by atoms with E-state index in [0.717, 1.165) is 9.87 Å². The highest BCUT2D eigenvalue weighted by molar-refractivity contribution is 7.94. The molecule has 2 aliphatic heterocycles. The molecule has 0 bridgehead atoms. The first kappa shape index (κ1) is 18.9. The van der Waals surface area contributed by atoms with Gasteiger partial charge in [0.1, 0.15) is 0 Å². The van der Waals surface area contributed by atoms with Gasteiger partial charge in [-0.15, -0.1) is 0 Å². The maximum atomic E-state index is 13.2. The molecule has 2 aromatic rings. The molecule has 7 nitrogen and oxygen atoms in total. The molecule has 9 heteroatoms. The van der Waals surface area contributed by atoms with E-state index in [9.17, 15) is 21.6 Å². The van der Waals surface area contributed by atoms with Crippen LogP contribution in [0.3, 0.4) is 0 Å². The SMILES string of the molecule is Cc1cc(N2C(=O)[C@@H](C)CS2(=O)=O)ccc1S(=O)(=O)N1CCc2ccccc21. The van der Waals surface area contributed by atoms with Crippen molar-refractivity contribution in [2.45, 2.75) is 25.2 Å². The smallest absolute Gasteiger partial charge is 0.264 e. The molecule has 28 heavy (non-hydrogen) atoms. The number of nitrogens with zero attached hydrogens (tertiary/aromatic N) is 2. The van der Waals surface area contributed by atoms with Gasteiger partial charge in [-0.05, 0) is 48.7 Å². The molecule has 4 rings (SSSR count). The number of para-hydroxylation sites is 1. The van der Waals surface area contributed by atoms with Crippen LogP contribution in [0.25, 0.3) is 0 Å². The standard InChI is InChI=1S/C19H20N2O5S2/c1-13-11-16(21-19(22)14(2)12-27(21,23)24)7-8-18(13)28(25,26)20-10-9-15-5-3-4-6-17(15)20/h3-8,11,14H,9-10,12H2,1-2H3/t14-/m0/s1. The minimum Gasteiger partial charge on any atom is -0.273 e. The molecule has 148 valence electrons. The van der Waals surface area contributed by atoms with Gasteiger partial charge in [0.15, 0.2) is 0 Å². The summed E-state index contributed by atoms with van der Waals surface area (Å²) in [6.07, 6.45) is 0.644. The number of amides is 1. The van der Waals surface area contributed by atoms with Gasteiger partial charge in [0.2, 0.25) is 15.9 Å². The van der Waals surface area contributed by atoms with Gasteiger partial charge in [-0.2, -0.15) is 0 Å². The van der Waals surface area contributed by atoms with Crippen LogP contribution in [0.2, 0.25) is 0 Å². The molecule has 0 unspecified atom stereocenters. The molecule has 2 aliphatic rings. The average molecular weight is 421 g/mol. The van der Waals surface area contributed by atoms with Gasteiger partial charge in [-0.1, -0.05) is 25.1 Å². The van der Waals surface area contributed by atoms with Crippen molar-refractivity contribution in [1.29, 1.82) is 0 Å². The molecule has 0 spiro atoms. The van der Waals surface area contributed by atoms with Crippen LogP contribution in [-0.4, -0.2) is 35.0 Å². The third-order valence-electron chi connectivity index (χ3n) is 5.17. The number of fused-ring (bicyclic) bond motifs is 1. The zero-order valence-electron chi connectivity index (χ0n) is 15.5. The second-order valence-electron chi connectivity index (χ2n) is 7.19. The Bertz CT molecular complexity index is 1190. The van der Waals surface area contributed by atoms with Gasteiger partial charge in [0.05, 0.1) is 27.9 Å². The summed E-state index contributed by atoms with van der Waals surface area (Å²) in [5.74, 6) is -1.35. The minimum atomic E-state index is -3.80. The van der Waals surface area contributed by atoms with E-state index in [2.05, 4.69) is 0 Å². The first-order chi connectivity index (χ1) is 13.1. The van der Waals surface area contributed by atoms with Crippen molar-refractivity contribution >= 4 is 37.3 Å². The summed E-state index contributed by atoms with van der Waals surface area (Å²) in [4.78, 5) is 12.4. The van der Waals surface area contributed by atoms with Crippen molar-refractivity contribution in [3.63, 3.8) is 0 Å². The van der Waals surface area contributed by atoms with Crippen molar-refractivity contribution in [3.05, 3.63) is 53.6 Å². The molecule has 2 heterocycles. The Morgan fingerprint density at radius 3 is 2.46 bits per heavy atom. The lowest BCUT2D eigenvalue weighted by atomic mass is 10.2. The summed E-state index contributed by atoms with van der Waals surface area (Å²) in [6, 6.07) is 11.6. The summed E-state index contributed by atoms with van der Waals surface area (Å²) < 4.78 is 53.2. The van der Waals surface area contributed by atoms with E-state index in [4.69, 9.17) is 0 Å². The Labute approximate surface area is 164 Å². The highest BCUT2D eigenvalue weighted by Crippen LogP contribution is 2.35. The van der Waals surface area contributed by atoms with E-state index in [0.29, 0.717) is 24.2 Å². The van der Waals surface area contributed by atoms with Crippen molar-refractivity contribution in [2.75, 3.05) is 20.9 Å². The number of hydrogen-bond acceptors (Lipinski definition) is 5. The van der Waals surface area contributed by atoms with Gasteiger partial charge in [0.25, 0.3) is 10.0 Å². The van der Waals surface area contributed by atoms with Gasteiger partial charge >= 0.3 is 0 Å². The maximum absolute atomic E-state index is 13.2. The fraction of sp³-hybridized carbons (Fsp3) is 0.316. The largest absolute Gasteiger partial charge is 0.273 e. The number of sulfonamides is 2. The molecule has 1 fully saturated rings. The van der Waals surface area contributed by atoms with Gasteiger partial charge in [-0.3, -0.25) is 9.10 Å². The fourth-order valence-electron chi connectivity index (χ4n) is 3.81. The van der Waals surface area contributed by atoms with Crippen LogP contribution in [0.5, 0.6) is 0 Å². The molecule has 1 saturated heterocycles. The van der Waals surface area contributed by atoms with Gasteiger partial charge < -0.3 is 0 Å². The highest BCUT2D eigenvalue weighted by Gasteiger charge is 2.42. The highest BCUT2D eigenvalue weighted by atomic mass is 32.2. The topological polar surface area (TPSA) is 91.8 Å². The molecular formula is C19H20N2O5S2.